The molecule has 0 aliphatic heterocycles. The molecule has 1 atom stereocenters. The number of hydrogen-bond donors (Lipinski definition) is 1. The van der Waals surface area contributed by atoms with Gasteiger partial charge in [0.25, 0.3) is 0 Å². The summed E-state index contributed by atoms with van der Waals surface area (Å²) in [6.45, 7) is 0. The quantitative estimate of drug-likeness (QED) is 0.715. The Morgan fingerprint density at radius 3 is 1.54 bits per heavy atom. The lowest BCUT2D eigenvalue weighted by Gasteiger charge is -2.28. The molecule has 0 aliphatic carbocycles. The molecule has 1 rings (SSSR count). The summed E-state index contributed by atoms with van der Waals surface area (Å²) in [6, 6.07) is -5.34. The summed E-state index contributed by atoms with van der Waals surface area (Å²) in [5, 5.41) is 0. The molecule has 0 bridgehead atoms. The van der Waals surface area contributed by atoms with Gasteiger partial charge in [0, 0.05) is 5.56 Å². The minimum absolute atomic E-state index is 0.642. The third-order valence-electron chi connectivity index (χ3n) is 2.84. The fraction of sp³-hybridized carbons (Fsp3) is 0.455. The fourth-order valence-electron chi connectivity index (χ4n) is 1.69. The van der Waals surface area contributed by atoms with Crippen LogP contribution in [0.5, 0.6) is 0 Å². The van der Waals surface area contributed by atoms with Crippen LogP contribution in [0.2, 0.25) is 0 Å². The zero-order chi connectivity index (χ0) is 19.3. The highest BCUT2D eigenvalue weighted by molar-refractivity contribution is 5.40. The highest BCUT2D eigenvalue weighted by atomic mass is 19.4. The first-order valence-electron chi connectivity index (χ1n) is 5.58. The van der Waals surface area contributed by atoms with Gasteiger partial charge in [-0.2, -0.15) is 48.3 Å². The molecule has 0 saturated heterocycles. The van der Waals surface area contributed by atoms with Gasteiger partial charge in [-0.15, -0.1) is 0 Å². The van der Waals surface area contributed by atoms with Crippen LogP contribution in [0.3, 0.4) is 0 Å². The summed E-state index contributed by atoms with van der Waals surface area (Å²) in [6.07, 6.45) is -17.8. The van der Waals surface area contributed by atoms with Crippen LogP contribution in [0, 0.1) is 5.82 Å². The van der Waals surface area contributed by atoms with E-state index in [0.29, 0.717) is 0 Å². The Hall–Kier alpha value is -1.66. The van der Waals surface area contributed by atoms with E-state index in [-0.39, 0.29) is 0 Å². The zero-order valence-corrected chi connectivity index (χ0v) is 10.8. The van der Waals surface area contributed by atoms with E-state index in [1.165, 1.54) is 0 Å². The molecule has 2 N–H and O–H groups in total. The topological polar surface area (TPSA) is 26.0 Å². The van der Waals surface area contributed by atoms with Crippen molar-refractivity contribution < 1.29 is 52.7 Å². The summed E-state index contributed by atoms with van der Waals surface area (Å²) in [5.41, 5.74) is -2.89. The summed E-state index contributed by atoms with van der Waals surface area (Å²) in [7, 11) is 0. The van der Waals surface area contributed by atoms with Gasteiger partial charge in [0.05, 0.1) is 11.1 Å². The SMILES string of the molecule is N[C@@H](c1c(F)cc(C(F)(F)F)cc1C(F)(F)F)C(F)(F)C(F)(F)F. The molecule has 138 valence electrons. The summed E-state index contributed by atoms with van der Waals surface area (Å²) < 4.78 is 152. The Morgan fingerprint density at radius 2 is 1.21 bits per heavy atom. The molecule has 0 fully saturated rings. The maximum absolute atomic E-state index is 13.6. The Kier molecular flexibility index (Phi) is 4.85. The van der Waals surface area contributed by atoms with Crippen molar-refractivity contribution in [2.45, 2.75) is 30.5 Å². The first-order chi connectivity index (χ1) is 10.4. The van der Waals surface area contributed by atoms with Gasteiger partial charge >= 0.3 is 24.5 Å². The van der Waals surface area contributed by atoms with Gasteiger partial charge in [-0.25, -0.2) is 4.39 Å². The first kappa shape index (κ1) is 20.4. The third-order valence-corrected chi connectivity index (χ3v) is 2.84. The maximum atomic E-state index is 13.6. The summed E-state index contributed by atoms with van der Waals surface area (Å²) in [4.78, 5) is 0. The molecule has 1 aromatic carbocycles. The number of nitrogens with two attached hydrogens (primary N) is 1. The maximum Gasteiger partial charge on any atom is 0.455 e. The second-order valence-electron chi connectivity index (χ2n) is 4.51. The van der Waals surface area contributed by atoms with Gasteiger partial charge in [0.1, 0.15) is 11.9 Å². The van der Waals surface area contributed by atoms with Crippen molar-refractivity contribution in [1.29, 1.82) is 0 Å². The van der Waals surface area contributed by atoms with E-state index < -0.39 is 65.1 Å². The molecule has 0 aromatic heterocycles. The number of benzene rings is 1. The Balaban J connectivity index is 3.71. The van der Waals surface area contributed by atoms with E-state index in [1.807, 2.05) is 0 Å². The summed E-state index contributed by atoms with van der Waals surface area (Å²) in [5.74, 6) is -8.61. The van der Waals surface area contributed by atoms with Gasteiger partial charge in [0.2, 0.25) is 0 Å². The number of halogens is 12. The normalized spacial score (nSPS) is 15.5. The Morgan fingerprint density at radius 1 is 0.750 bits per heavy atom. The van der Waals surface area contributed by atoms with Crippen LogP contribution in [0.25, 0.3) is 0 Å². The Labute approximate surface area is 125 Å². The van der Waals surface area contributed by atoms with Crippen molar-refractivity contribution >= 4 is 0 Å². The number of hydrogen-bond acceptors (Lipinski definition) is 1. The molecular weight excluding hydrogens is 374 g/mol. The van der Waals surface area contributed by atoms with Crippen LogP contribution in [-0.4, -0.2) is 12.1 Å². The van der Waals surface area contributed by atoms with Crippen LogP contribution in [0.1, 0.15) is 22.7 Å². The van der Waals surface area contributed by atoms with Crippen LogP contribution in [0.15, 0.2) is 12.1 Å². The van der Waals surface area contributed by atoms with E-state index in [9.17, 15) is 52.7 Å². The molecule has 0 amide bonds. The van der Waals surface area contributed by atoms with E-state index in [4.69, 9.17) is 0 Å². The minimum atomic E-state index is -6.45. The molecule has 0 saturated carbocycles. The number of alkyl halides is 11. The fourth-order valence-corrected chi connectivity index (χ4v) is 1.69. The smallest absolute Gasteiger partial charge is 0.319 e. The molecule has 0 unspecified atom stereocenters. The molecule has 13 heteroatoms. The average Bonchev–Trinajstić information content (AvgIpc) is 2.33. The average molecular weight is 379 g/mol. The van der Waals surface area contributed by atoms with E-state index in [1.54, 1.807) is 0 Å². The van der Waals surface area contributed by atoms with Crippen molar-refractivity contribution in [1.82, 2.24) is 0 Å². The minimum Gasteiger partial charge on any atom is -0.319 e. The van der Waals surface area contributed by atoms with Crippen molar-refractivity contribution in [3.05, 3.63) is 34.6 Å². The molecule has 0 spiro atoms. The monoisotopic (exact) mass is 379 g/mol. The molecule has 24 heavy (non-hydrogen) atoms. The van der Waals surface area contributed by atoms with Crippen molar-refractivity contribution in [3.63, 3.8) is 0 Å². The summed E-state index contributed by atoms with van der Waals surface area (Å²) >= 11 is 0. The second-order valence-corrected chi connectivity index (χ2v) is 4.51. The highest BCUT2D eigenvalue weighted by Gasteiger charge is 2.63. The standard InChI is InChI=1S/C11H5F12N/c12-5-2-3(9(15,16)17)1-4(10(18,19)20)6(5)7(24)8(13,14)11(21,22)23/h1-2,7H,24H2/t7-/m0/s1. The van der Waals surface area contributed by atoms with Crippen LogP contribution < -0.4 is 5.73 Å². The predicted molar refractivity (Wildman–Crippen MR) is 54.3 cm³/mol. The Bertz CT molecular complexity index is 609. The predicted octanol–water partition coefficient (Wildman–Crippen LogP) is 5.06. The van der Waals surface area contributed by atoms with Crippen LogP contribution >= 0.6 is 0 Å². The van der Waals surface area contributed by atoms with Crippen molar-refractivity contribution in [2.75, 3.05) is 0 Å². The molecule has 0 aliphatic rings. The molecular formula is C11H5F12N. The van der Waals surface area contributed by atoms with Crippen LogP contribution in [-0.2, 0) is 12.4 Å². The lowest BCUT2D eigenvalue weighted by molar-refractivity contribution is -0.291. The van der Waals surface area contributed by atoms with E-state index in [0.717, 1.165) is 0 Å². The third kappa shape index (κ3) is 3.70. The van der Waals surface area contributed by atoms with E-state index >= 15 is 0 Å². The lowest BCUT2D eigenvalue weighted by atomic mass is 9.93. The molecule has 1 aromatic rings. The lowest BCUT2D eigenvalue weighted by Crippen LogP contribution is -2.46. The van der Waals surface area contributed by atoms with Gasteiger partial charge in [-0.1, -0.05) is 0 Å². The molecule has 0 heterocycles. The van der Waals surface area contributed by atoms with Gasteiger partial charge in [0.15, 0.2) is 0 Å². The highest BCUT2D eigenvalue weighted by Crippen LogP contribution is 2.48. The first-order valence-corrected chi connectivity index (χ1v) is 5.58. The zero-order valence-electron chi connectivity index (χ0n) is 10.8. The molecule has 0 radical (unpaired) electrons. The number of rotatable bonds is 2. The second kappa shape index (κ2) is 5.70. The van der Waals surface area contributed by atoms with Gasteiger partial charge < -0.3 is 5.73 Å². The van der Waals surface area contributed by atoms with Crippen LogP contribution in [0.4, 0.5) is 52.7 Å². The molecule has 1 nitrogen and oxygen atoms in total. The van der Waals surface area contributed by atoms with E-state index in [2.05, 4.69) is 5.73 Å². The van der Waals surface area contributed by atoms with Crippen molar-refractivity contribution in [3.8, 4) is 0 Å². The van der Waals surface area contributed by atoms with Gasteiger partial charge in [-0.05, 0) is 12.1 Å². The largest absolute Gasteiger partial charge is 0.455 e. The van der Waals surface area contributed by atoms with Gasteiger partial charge in [-0.3, -0.25) is 0 Å². The van der Waals surface area contributed by atoms with Crippen molar-refractivity contribution in [2.24, 2.45) is 5.73 Å².